The number of furan rings is 2. The Morgan fingerprint density at radius 3 is 2.41 bits per heavy atom. The van der Waals surface area contributed by atoms with Crippen LogP contribution in [0.3, 0.4) is 0 Å². The lowest BCUT2D eigenvalue weighted by Crippen LogP contribution is -2.28. The first kappa shape index (κ1) is 16.6. The van der Waals surface area contributed by atoms with Gasteiger partial charge in [-0.05, 0) is 23.8 Å². The quantitative estimate of drug-likeness (QED) is 0.418. The molecule has 27 heavy (non-hydrogen) atoms. The van der Waals surface area contributed by atoms with E-state index in [-0.39, 0.29) is 5.76 Å². The zero-order chi connectivity index (χ0) is 18.8. The van der Waals surface area contributed by atoms with Gasteiger partial charge in [-0.3, -0.25) is 14.9 Å². The summed E-state index contributed by atoms with van der Waals surface area (Å²) in [5, 5.41) is 14.5. The lowest BCUT2D eigenvalue weighted by molar-refractivity contribution is -0.402. The van der Waals surface area contributed by atoms with Crippen LogP contribution in [0.1, 0.15) is 27.9 Å². The number of rotatable bonds is 5. The standard InChI is InChI=1S/C20H14N2O5/c23-20(16-10-11-18(27-16)22(24)25)21-19(13-6-2-1-3-7-13)17-12-14-8-4-5-9-15(14)26-17/h1-12,19H,(H,21,23). The molecule has 0 aliphatic heterocycles. The molecule has 2 aromatic heterocycles. The van der Waals surface area contributed by atoms with E-state index in [1.54, 1.807) is 0 Å². The molecular weight excluding hydrogens is 348 g/mol. The van der Waals surface area contributed by atoms with Crippen LogP contribution in [-0.4, -0.2) is 10.8 Å². The van der Waals surface area contributed by atoms with Gasteiger partial charge in [0.15, 0.2) is 5.76 Å². The number of nitro groups is 1. The molecule has 7 heteroatoms. The van der Waals surface area contributed by atoms with Crippen molar-refractivity contribution in [3.63, 3.8) is 0 Å². The monoisotopic (exact) mass is 362 g/mol. The zero-order valence-corrected chi connectivity index (χ0v) is 14.0. The van der Waals surface area contributed by atoms with Crippen molar-refractivity contribution in [2.24, 2.45) is 0 Å². The fraction of sp³-hybridized carbons (Fsp3) is 0.0500. The molecule has 2 aromatic carbocycles. The summed E-state index contributed by atoms with van der Waals surface area (Å²) in [6, 6.07) is 20.6. The molecule has 0 aliphatic carbocycles. The largest absolute Gasteiger partial charge is 0.459 e. The SMILES string of the molecule is O=C(NC(c1ccccc1)c1cc2ccccc2o1)c1ccc([N+](=O)[O-])o1. The average molecular weight is 362 g/mol. The summed E-state index contributed by atoms with van der Waals surface area (Å²) < 4.78 is 10.9. The molecule has 0 saturated heterocycles. The number of carbonyl (C=O) groups is 1. The number of fused-ring (bicyclic) bond motifs is 1. The van der Waals surface area contributed by atoms with Crippen LogP contribution in [0.25, 0.3) is 11.0 Å². The highest BCUT2D eigenvalue weighted by atomic mass is 16.6. The summed E-state index contributed by atoms with van der Waals surface area (Å²) >= 11 is 0. The molecular formula is C20H14N2O5. The van der Waals surface area contributed by atoms with E-state index >= 15 is 0 Å². The Labute approximate surface area is 153 Å². The molecule has 1 amide bonds. The van der Waals surface area contributed by atoms with Crippen molar-refractivity contribution in [3.8, 4) is 0 Å². The van der Waals surface area contributed by atoms with Crippen molar-refractivity contribution >= 4 is 22.8 Å². The number of nitrogens with zero attached hydrogens (tertiary/aromatic N) is 1. The van der Waals surface area contributed by atoms with E-state index in [9.17, 15) is 14.9 Å². The fourth-order valence-electron chi connectivity index (χ4n) is 2.86. The topological polar surface area (TPSA) is 98.5 Å². The molecule has 4 rings (SSSR count). The Bertz CT molecular complexity index is 1080. The van der Waals surface area contributed by atoms with Crippen molar-refractivity contribution in [1.82, 2.24) is 5.32 Å². The van der Waals surface area contributed by atoms with Gasteiger partial charge in [0, 0.05) is 5.39 Å². The number of hydrogen-bond donors (Lipinski definition) is 1. The maximum Gasteiger partial charge on any atom is 0.433 e. The number of nitrogens with one attached hydrogen (secondary N) is 1. The summed E-state index contributed by atoms with van der Waals surface area (Å²) in [5.74, 6) is -0.645. The lowest BCUT2D eigenvalue weighted by Gasteiger charge is -2.16. The summed E-state index contributed by atoms with van der Waals surface area (Å²) in [5.41, 5.74) is 1.52. The zero-order valence-electron chi connectivity index (χ0n) is 14.0. The highest BCUT2D eigenvalue weighted by Crippen LogP contribution is 2.29. The first-order chi connectivity index (χ1) is 13.1. The van der Waals surface area contributed by atoms with E-state index in [1.165, 1.54) is 6.07 Å². The molecule has 1 unspecified atom stereocenters. The van der Waals surface area contributed by atoms with Crippen LogP contribution >= 0.6 is 0 Å². The van der Waals surface area contributed by atoms with Gasteiger partial charge in [-0.25, -0.2) is 0 Å². The molecule has 0 fully saturated rings. The van der Waals surface area contributed by atoms with Crippen molar-refractivity contribution in [1.29, 1.82) is 0 Å². The molecule has 0 aliphatic rings. The molecule has 4 aromatic rings. The van der Waals surface area contributed by atoms with Gasteiger partial charge in [-0.1, -0.05) is 48.5 Å². The second-order valence-electron chi connectivity index (χ2n) is 5.90. The minimum Gasteiger partial charge on any atom is -0.459 e. The number of para-hydroxylation sites is 1. The Morgan fingerprint density at radius 2 is 1.70 bits per heavy atom. The van der Waals surface area contributed by atoms with Gasteiger partial charge in [0.1, 0.15) is 22.3 Å². The van der Waals surface area contributed by atoms with E-state index in [0.29, 0.717) is 11.3 Å². The molecule has 0 bridgehead atoms. The number of carbonyl (C=O) groups excluding carboxylic acids is 1. The third-order valence-corrected chi connectivity index (χ3v) is 4.13. The van der Waals surface area contributed by atoms with Gasteiger partial charge in [-0.15, -0.1) is 0 Å². The van der Waals surface area contributed by atoms with E-state index < -0.39 is 22.8 Å². The van der Waals surface area contributed by atoms with E-state index in [4.69, 9.17) is 8.83 Å². The van der Waals surface area contributed by atoms with Crippen LogP contribution in [0.2, 0.25) is 0 Å². The second kappa shape index (κ2) is 6.80. The average Bonchev–Trinajstić information content (AvgIpc) is 3.33. The van der Waals surface area contributed by atoms with Gasteiger partial charge >= 0.3 is 5.88 Å². The summed E-state index contributed by atoms with van der Waals surface area (Å²) in [7, 11) is 0. The normalized spacial score (nSPS) is 12.0. The Morgan fingerprint density at radius 1 is 0.963 bits per heavy atom. The first-order valence-corrected chi connectivity index (χ1v) is 8.20. The molecule has 7 nitrogen and oxygen atoms in total. The van der Waals surface area contributed by atoms with Gasteiger partial charge < -0.3 is 14.2 Å². The Hall–Kier alpha value is -3.87. The molecule has 0 spiro atoms. The highest BCUT2D eigenvalue weighted by molar-refractivity contribution is 5.92. The van der Waals surface area contributed by atoms with Crippen molar-refractivity contribution in [2.45, 2.75) is 6.04 Å². The molecule has 0 radical (unpaired) electrons. The maximum atomic E-state index is 12.6. The third-order valence-electron chi connectivity index (χ3n) is 4.13. The molecule has 1 N–H and O–H groups in total. The molecule has 1 atom stereocenters. The maximum absolute atomic E-state index is 12.6. The minimum atomic E-state index is -0.690. The van der Waals surface area contributed by atoms with Gasteiger partial charge in [0.25, 0.3) is 5.91 Å². The van der Waals surface area contributed by atoms with Crippen molar-refractivity contribution in [3.05, 3.63) is 100.0 Å². The Kier molecular flexibility index (Phi) is 4.18. The summed E-state index contributed by atoms with van der Waals surface area (Å²) in [4.78, 5) is 22.7. The molecule has 2 heterocycles. The third kappa shape index (κ3) is 3.30. The van der Waals surface area contributed by atoms with Gasteiger partial charge in [0.2, 0.25) is 0 Å². The number of hydrogen-bond acceptors (Lipinski definition) is 5. The number of amides is 1. The van der Waals surface area contributed by atoms with Crippen LogP contribution in [0.15, 0.2) is 81.6 Å². The smallest absolute Gasteiger partial charge is 0.433 e. The predicted molar refractivity (Wildman–Crippen MR) is 97.3 cm³/mol. The van der Waals surface area contributed by atoms with Gasteiger partial charge in [0.05, 0.1) is 6.07 Å². The van der Waals surface area contributed by atoms with Crippen LogP contribution in [-0.2, 0) is 0 Å². The van der Waals surface area contributed by atoms with Crippen molar-refractivity contribution in [2.75, 3.05) is 0 Å². The highest BCUT2D eigenvalue weighted by Gasteiger charge is 2.24. The number of benzene rings is 2. The first-order valence-electron chi connectivity index (χ1n) is 8.20. The lowest BCUT2D eigenvalue weighted by atomic mass is 10.0. The minimum absolute atomic E-state index is 0.140. The van der Waals surface area contributed by atoms with E-state index in [1.807, 2.05) is 60.7 Å². The summed E-state index contributed by atoms with van der Waals surface area (Å²) in [6.07, 6.45) is 0. The van der Waals surface area contributed by atoms with Crippen LogP contribution in [0.5, 0.6) is 0 Å². The van der Waals surface area contributed by atoms with Crippen LogP contribution in [0, 0.1) is 10.1 Å². The second-order valence-corrected chi connectivity index (χ2v) is 5.90. The summed E-state index contributed by atoms with van der Waals surface area (Å²) in [6.45, 7) is 0. The molecule has 0 saturated carbocycles. The molecule has 134 valence electrons. The van der Waals surface area contributed by atoms with Gasteiger partial charge in [-0.2, -0.15) is 0 Å². The van der Waals surface area contributed by atoms with E-state index in [0.717, 1.165) is 17.0 Å². The van der Waals surface area contributed by atoms with Crippen LogP contribution < -0.4 is 5.32 Å². The fourth-order valence-corrected chi connectivity index (χ4v) is 2.86. The van der Waals surface area contributed by atoms with Crippen molar-refractivity contribution < 1.29 is 18.6 Å². The van der Waals surface area contributed by atoms with Crippen LogP contribution in [0.4, 0.5) is 5.88 Å². The Balaban J connectivity index is 1.69. The van der Waals surface area contributed by atoms with E-state index in [2.05, 4.69) is 5.32 Å². The predicted octanol–water partition coefficient (Wildman–Crippen LogP) is 4.45.